The summed E-state index contributed by atoms with van der Waals surface area (Å²) in [5.74, 6) is 0.696. The molecule has 4 aromatic rings. The van der Waals surface area contributed by atoms with Gasteiger partial charge in [0.2, 0.25) is 0 Å². The summed E-state index contributed by atoms with van der Waals surface area (Å²) in [4.78, 5) is 17.5. The largest absolute Gasteiger partial charge is 0.265 e. The fraction of sp³-hybridized carbons (Fsp3) is 0.0476. The Bertz CT molecular complexity index is 981. The van der Waals surface area contributed by atoms with Gasteiger partial charge in [0.05, 0.1) is 5.69 Å². The molecule has 25 heavy (non-hydrogen) atoms. The molecule has 4 nitrogen and oxygen atoms in total. The van der Waals surface area contributed by atoms with Crippen molar-refractivity contribution in [2.24, 2.45) is 0 Å². The Balaban J connectivity index is 1.71. The smallest absolute Gasteiger partial charge is 0.161 e. The Labute approximate surface area is 146 Å². The summed E-state index contributed by atoms with van der Waals surface area (Å²) in [5, 5.41) is 0. The van der Waals surface area contributed by atoms with E-state index in [1.807, 2.05) is 37.3 Å². The van der Waals surface area contributed by atoms with E-state index in [2.05, 4.69) is 39.2 Å². The van der Waals surface area contributed by atoms with Crippen LogP contribution in [0.1, 0.15) is 5.69 Å². The second kappa shape index (κ2) is 6.61. The molecule has 0 atom stereocenters. The van der Waals surface area contributed by atoms with Crippen LogP contribution in [0.2, 0.25) is 0 Å². The van der Waals surface area contributed by atoms with E-state index in [9.17, 15) is 0 Å². The van der Waals surface area contributed by atoms with Crippen molar-refractivity contribution >= 4 is 0 Å². The maximum absolute atomic E-state index is 4.72. The average molecular weight is 324 g/mol. The number of benzene rings is 1. The van der Waals surface area contributed by atoms with Gasteiger partial charge >= 0.3 is 0 Å². The summed E-state index contributed by atoms with van der Waals surface area (Å²) in [6, 6.07) is 18.3. The minimum absolute atomic E-state index is 0.696. The van der Waals surface area contributed by atoms with Crippen molar-refractivity contribution in [3.05, 3.63) is 85.1 Å². The van der Waals surface area contributed by atoms with Crippen LogP contribution in [0.3, 0.4) is 0 Å². The first kappa shape index (κ1) is 15.1. The molecule has 0 aliphatic rings. The third-order valence-electron chi connectivity index (χ3n) is 3.97. The molecule has 3 heterocycles. The highest BCUT2D eigenvalue weighted by atomic mass is 14.9. The summed E-state index contributed by atoms with van der Waals surface area (Å²) >= 11 is 0. The number of rotatable bonds is 3. The first-order chi connectivity index (χ1) is 12.3. The van der Waals surface area contributed by atoms with Crippen LogP contribution in [-0.4, -0.2) is 19.9 Å². The van der Waals surface area contributed by atoms with Crippen molar-refractivity contribution in [1.82, 2.24) is 19.9 Å². The first-order valence-electron chi connectivity index (χ1n) is 8.06. The summed E-state index contributed by atoms with van der Waals surface area (Å²) < 4.78 is 0. The lowest BCUT2D eigenvalue weighted by atomic mass is 10.0. The molecule has 0 N–H and O–H groups in total. The lowest BCUT2D eigenvalue weighted by Gasteiger charge is -2.07. The van der Waals surface area contributed by atoms with Gasteiger partial charge in [-0.25, -0.2) is 9.97 Å². The Morgan fingerprint density at radius 2 is 1.36 bits per heavy atom. The maximum atomic E-state index is 4.72. The molecule has 4 heteroatoms. The summed E-state index contributed by atoms with van der Waals surface area (Å²) in [5.41, 5.74) is 6.13. The molecule has 3 aromatic heterocycles. The highest BCUT2D eigenvalue weighted by Crippen LogP contribution is 2.25. The molecule has 0 radical (unpaired) electrons. The highest BCUT2D eigenvalue weighted by molar-refractivity contribution is 5.69. The van der Waals surface area contributed by atoms with E-state index in [0.29, 0.717) is 5.82 Å². The van der Waals surface area contributed by atoms with Crippen molar-refractivity contribution < 1.29 is 0 Å². The van der Waals surface area contributed by atoms with Crippen LogP contribution < -0.4 is 0 Å². The molecule has 0 saturated carbocycles. The first-order valence-corrected chi connectivity index (χ1v) is 8.06. The van der Waals surface area contributed by atoms with Crippen LogP contribution in [0.15, 0.2) is 79.4 Å². The van der Waals surface area contributed by atoms with Gasteiger partial charge in [-0.1, -0.05) is 24.3 Å². The van der Waals surface area contributed by atoms with E-state index < -0.39 is 0 Å². The van der Waals surface area contributed by atoms with Gasteiger partial charge in [0.1, 0.15) is 0 Å². The average Bonchev–Trinajstić information content (AvgIpc) is 2.69. The summed E-state index contributed by atoms with van der Waals surface area (Å²) in [6.45, 7) is 1.98. The second-order valence-electron chi connectivity index (χ2n) is 5.77. The minimum atomic E-state index is 0.696. The topological polar surface area (TPSA) is 51.6 Å². The van der Waals surface area contributed by atoms with Crippen molar-refractivity contribution in [2.45, 2.75) is 6.92 Å². The fourth-order valence-corrected chi connectivity index (χ4v) is 2.72. The van der Waals surface area contributed by atoms with E-state index in [-0.39, 0.29) is 0 Å². The Kier molecular flexibility index (Phi) is 4.01. The number of aryl methyl sites for hydroxylation is 1. The van der Waals surface area contributed by atoms with Gasteiger partial charge in [-0.3, -0.25) is 9.97 Å². The van der Waals surface area contributed by atoms with Crippen LogP contribution >= 0.6 is 0 Å². The molecule has 0 fully saturated rings. The Morgan fingerprint density at radius 1 is 0.640 bits per heavy atom. The summed E-state index contributed by atoms with van der Waals surface area (Å²) in [7, 11) is 0. The number of hydrogen-bond donors (Lipinski definition) is 0. The number of aromatic nitrogens is 4. The van der Waals surface area contributed by atoms with Crippen molar-refractivity contribution in [3.8, 4) is 33.8 Å². The van der Waals surface area contributed by atoms with E-state index in [0.717, 1.165) is 33.6 Å². The van der Waals surface area contributed by atoms with E-state index in [1.54, 1.807) is 24.8 Å². The van der Waals surface area contributed by atoms with Crippen molar-refractivity contribution in [2.75, 3.05) is 0 Å². The van der Waals surface area contributed by atoms with Gasteiger partial charge in [0.15, 0.2) is 5.82 Å². The molecular formula is C21H16N4. The molecule has 0 amide bonds. The molecule has 0 spiro atoms. The Morgan fingerprint density at radius 3 is 2.08 bits per heavy atom. The number of nitrogens with zero attached hydrogens (tertiary/aromatic N) is 4. The van der Waals surface area contributed by atoms with E-state index in [4.69, 9.17) is 4.98 Å². The van der Waals surface area contributed by atoms with E-state index in [1.165, 1.54) is 0 Å². The SMILES string of the molecule is Cc1cc(-c2ccc(-c3ccncc3)cc2)nc(-c2cccnc2)n1. The third kappa shape index (κ3) is 3.28. The zero-order valence-electron chi connectivity index (χ0n) is 13.8. The summed E-state index contributed by atoms with van der Waals surface area (Å²) in [6.07, 6.45) is 7.14. The predicted octanol–water partition coefficient (Wildman–Crippen LogP) is 4.58. The standard InChI is InChI=1S/C21H16N4/c1-15-13-20(25-21(24-15)19-3-2-10-23-14-19)18-6-4-16(5-7-18)17-8-11-22-12-9-17/h2-14H,1H3. The van der Waals surface area contributed by atoms with Crippen LogP contribution in [0.25, 0.3) is 33.8 Å². The van der Waals surface area contributed by atoms with Crippen molar-refractivity contribution in [3.63, 3.8) is 0 Å². The van der Waals surface area contributed by atoms with Gasteiger partial charge < -0.3 is 0 Å². The Hall–Kier alpha value is -3.40. The third-order valence-corrected chi connectivity index (χ3v) is 3.97. The zero-order valence-corrected chi connectivity index (χ0v) is 13.8. The molecule has 1 aromatic carbocycles. The van der Waals surface area contributed by atoms with Crippen LogP contribution in [0, 0.1) is 6.92 Å². The molecule has 0 bridgehead atoms. The zero-order chi connectivity index (χ0) is 17.1. The van der Waals surface area contributed by atoms with Gasteiger partial charge in [-0.05, 0) is 48.4 Å². The number of pyridine rings is 2. The molecule has 4 rings (SSSR count). The lowest BCUT2D eigenvalue weighted by Crippen LogP contribution is -1.95. The molecule has 0 aliphatic carbocycles. The minimum Gasteiger partial charge on any atom is -0.265 e. The van der Waals surface area contributed by atoms with Gasteiger partial charge in [-0.2, -0.15) is 0 Å². The lowest BCUT2D eigenvalue weighted by molar-refractivity contribution is 1.11. The second-order valence-corrected chi connectivity index (χ2v) is 5.77. The molecule has 0 unspecified atom stereocenters. The molecule has 0 saturated heterocycles. The van der Waals surface area contributed by atoms with Crippen molar-refractivity contribution in [1.29, 1.82) is 0 Å². The van der Waals surface area contributed by atoms with Crippen LogP contribution in [0.5, 0.6) is 0 Å². The monoisotopic (exact) mass is 324 g/mol. The molecular weight excluding hydrogens is 308 g/mol. The highest BCUT2D eigenvalue weighted by Gasteiger charge is 2.07. The molecule has 120 valence electrons. The van der Waals surface area contributed by atoms with Gasteiger partial charge in [0.25, 0.3) is 0 Å². The normalized spacial score (nSPS) is 10.6. The molecule has 0 aliphatic heterocycles. The fourth-order valence-electron chi connectivity index (χ4n) is 2.72. The van der Waals surface area contributed by atoms with Gasteiger partial charge in [0, 0.05) is 41.6 Å². The quantitative estimate of drug-likeness (QED) is 0.553. The maximum Gasteiger partial charge on any atom is 0.161 e. The van der Waals surface area contributed by atoms with Crippen LogP contribution in [-0.2, 0) is 0 Å². The number of hydrogen-bond acceptors (Lipinski definition) is 4. The van der Waals surface area contributed by atoms with Gasteiger partial charge in [-0.15, -0.1) is 0 Å². The van der Waals surface area contributed by atoms with Crippen LogP contribution in [0.4, 0.5) is 0 Å². The van der Waals surface area contributed by atoms with E-state index >= 15 is 0 Å². The predicted molar refractivity (Wildman–Crippen MR) is 98.7 cm³/mol.